The first-order valence-corrected chi connectivity index (χ1v) is 10.4. The van der Waals surface area contributed by atoms with Crippen molar-refractivity contribution >= 4 is 40.3 Å². The molecular formula is C22H23NO3S2. The van der Waals surface area contributed by atoms with Crippen molar-refractivity contribution in [1.29, 1.82) is 0 Å². The highest BCUT2D eigenvalue weighted by Crippen LogP contribution is 2.34. The molecule has 1 heterocycles. The van der Waals surface area contributed by atoms with Crippen LogP contribution < -0.4 is 9.47 Å². The topological polar surface area (TPSA) is 38.8 Å². The molecule has 1 fully saturated rings. The first-order chi connectivity index (χ1) is 13.5. The van der Waals surface area contributed by atoms with Gasteiger partial charge in [-0.25, -0.2) is 0 Å². The fraction of sp³-hybridized carbons (Fsp3) is 0.273. The van der Waals surface area contributed by atoms with Gasteiger partial charge in [0.05, 0.1) is 4.91 Å². The smallest absolute Gasteiger partial charge is 0.266 e. The number of thioether (sulfide) groups is 1. The highest BCUT2D eigenvalue weighted by atomic mass is 32.2. The van der Waals surface area contributed by atoms with Gasteiger partial charge in [0.25, 0.3) is 5.91 Å². The largest absolute Gasteiger partial charge is 0.490 e. The predicted octanol–water partition coefficient (Wildman–Crippen LogP) is 4.98. The summed E-state index contributed by atoms with van der Waals surface area (Å²) in [7, 11) is 0. The quantitative estimate of drug-likeness (QED) is 0.364. The van der Waals surface area contributed by atoms with Crippen LogP contribution in [0, 0.1) is 13.8 Å². The maximum Gasteiger partial charge on any atom is 0.266 e. The molecule has 0 saturated carbocycles. The zero-order valence-corrected chi connectivity index (χ0v) is 17.9. The van der Waals surface area contributed by atoms with E-state index in [0.717, 1.165) is 11.3 Å². The van der Waals surface area contributed by atoms with Gasteiger partial charge in [0.1, 0.15) is 29.0 Å². The van der Waals surface area contributed by atoms with Crippen LogP contribution in [0.25, 0.3) is 6.08 Å². The summed E-state index contributed by atoms with van der Waals surface area (Å²) in [5.74, 6) is 1.51. The SMILES string of the molecule is CCN1C(=O)C(=Cc2ccccc2OCCOc2cc(C)cc(C)c2)SC1=S. The molecule has 1 aliphatic rings. The zero-order valence-electron chi connectivity index (χ0n) is 16.2. The lowest BCUT2D eigenvalue weighted by atomic mass is 10.1. The number of ether oxygens (including phenoxy) is 2. The molecule has 0 bridgehead atoms. The Morgan fingerprint density at radius 2 is 1.75 bits per heavy atom. The molecule has 6 heteroatoms. The number of benzene rings is 2. The molecule has 0 aromatic heterocycles. The van der Waals surface area contributed by atoms with Crippen molar-refractivity contribution in [1.82, 2.24) is 4.90 Å². The number of carbonyl (C=O) groups excluding carboxylic acids is 1. The van der Waals surface area contributed by atoms with Gasteiger partial charge in [-0.3, -0.25) is 9.69 Å². The Bertz CT molecular complexity index is 903. The number of aryl methyl sites for hydroxylation is 2. The van der Waals surface area contributed by atoms with Crippen LogP contribution in [0.3, 0.4) is 0 Å². The van der Waals surface area contributed by atoms with E-state index < -0.39 is 0 Å². The standard InChI is InChI=1S/C22H23NO3S2/c1-4-23-21(24)20(28-22(23)27)14-17-7-5-6-8-19(17)26-10-9-25-18-12-15(2)11-16(3)13-18/h5-8,11-14H,4,9-10H2,1-3H3. The van der Waals surface area contributed by atoms with Crippen LogP contribution in [0.15, 0.2) is 47.4 Å². The van der Waals surface area contributed by atoms with E-state index in [0.29, 0.717) is 34.7 Å². The van der Waals surface area contributed by atoms with Crippen molar-refractivity contribution in [2.75, 3.05) is 19.8 Å². The number of rotatable bonds is 7. The Kier molecular flexibility index (Phi) is 6.75. The molecule has 0 atom stereocenters. The van der Waals surface area contributed by atoms with Crippen molar-refractivity contribution in [3.8, 4) is 11.5 Å². The molecule has 3 rings (SSSR count). The average molecular weight is 414 g/mol. The minimum atomic E-state index is -0.0505. The summed E-state index contributed by atoms with van der Waals surface area (Å²) in [4.78, 5) is 14.6. The minimum Gasteiger partial charge on any atom is -0.490 e. The first-order valence-electron chi connectivity index (χ1n) is 9.16. The molecule has 0 N–H and O–H groups in total. The van der Waals surface area contributed by atoms with Crippen LogP contribution in [0.2, 0.25) is 0 Å². The van der Waals surface area contributed by atoms with Gasteiger partial charge in [-0.2, -0.15) is 0 Å². The van der Waals surface area contributed by atoms with Gasteiger partial charge in [0.2, 0.25) is 0 Å². The van der Waals surface area contributed by atoms with Gasteiger partial charge < -0.3 is 9.47 Å². The van der Waals surface area contributed by atoms with E-state index in [2.05, 4.69) is 6.07 Å². The zero-order chi connectivity index (χ0) is 20.1. The third kappa shape index (κ3) is 4.94. The van der Waals surface area contributed by atoms with Gasteiger partial charge in [0.15, 0.2) is 0 Å². The lowest BCUT2D eigenvalue weighted by Gasteiger charge is -2.12. The molecule has 28 heavy (non-hydrogen) atoms. The number of likely N-dealkylation sites (N-methyl/N-ethyl adjacent to an activating group) is 1. The molecule has 0 aliphatic carbocycles. The van der Waals surface area contributed by atoms with Crippen molar-refractivity contribution in [2.45, 2.75) is 20.8 Å². The highest BCUT2D eigenvalue weighted by molar-refractivity contribution is 8.26. The van der Waals surface area contributed by atoms with E-state index in [1.807, 2.05) is 63.2 Å². The van der Waals surface area contributed by atoms with Crippen LogP contribution in [0.1, 0.15) is 23.6 Å². The lowest BCUT2D eigenvalue weighted by molar-refractivity contribution is -0.121. The molecule has 4 nitrogen and oxygen atoms in total. The second-order valence-corrected chi connectivity index (χ2v) is 8.16. The van der Waals surface area contributed by atoms with Crippen LogP contribution in [0.4, 0.5) is 0 Å². The molecular weight excluding hydrogens is 390 g/mol. The Balaban J connectivity index is 1.64. The molecule has 0 radical (unpaired) electrons. The lowest BCUT2D eigenvalue weighted by Crippen LogP contribution is -2.27. The average Bonchev–Trinajstić information content (AvgIpc) is 2.92. The summed E-state index contributed by atoms with van der Waals surface area (Å²) in [6, 6.07) is 13.8. The maximum absolute atomic E-state index is 12.4. The van der Waals surface area contributed by atoms with Gasteiger partial charge >= 0.3 is 0 Å². The third-order valence-electron chi connectivity index (χ3n) is 4.20. The van der Waals surface area contributed by atoms with E-state index in [1.165, 1.54) is 22.9 Å². The van der Waals surface area contributed by atoms with E-state index in [9.17, 15) is 4.79 Å². The van der Waals surface area contributed by atoms with Crippen molar-refractivity contribution < 1.29 is 14.3 Å². The van der Waals surface area contributed by atoms with Gasteiger partial charge in [-0.05, 0) is 56.2 Å². The second-order valence-electron chi connectivity index (χ2n) is 6.48. The summed E-state index contributed by atoms with van der Waals surface area (Å²) in [6.45, 7) is 7.45. The number of para-hydroxylation sites is 1. The molecule has 146 valence electrons. The summed E-state index contributed by atoms with van der Waals surface area (Å²) >= 11 is 6.60. The van der Waals surface area contributed by atoms with E-state index in [4.69, 9.17) is 21.7 Å². The summed E-state index contributed by atoms with van der Waals surface area (Å²) in [5, 5.41) is 0. The van der Waals surface area contributed by atoms with E-state index in [-0.39, 0.29) is 5.91 Å². The van der Waals surface area contributed by atoms with Crippen molar-refractivity contribution in [3.05, 3.63) is 64.1 Å². The Morgan fingerprint density at radius 1 is 1.07 bits per heavy atom. The minimum absolute atomic E-state index is 0.0505. The van der Waals surface area contributed by atoms with E-state index >= 15 is 0 Å². The van der Waals surface area contributed by atoms with Crippen LogP contribution in [-0.2, 0) is 4.79 Å². The Labute approximate surface area is 175 Å². The second kappa shape index (κ2) is 9.26. The predicted molar refractivity (Wildman–Crippen MR) is 119 cm³/mol. The number of hydrogen-bond acceptors (Lipinski definition) is 5. The number of amides is 1. The summed E-state index contributed by atoms with van der Waals surface area (Å²) in [5.41, 5.74) is 3.20. The normalized spacial score (nSPS) is 15.4. The molecule has 1 saturated heterocycles. The number of thiocarbonyl (C=S) groups is 1. The molecule has 1 aliphatic heterocycles. The number of nitrogens with zero attached hydrogens (tertiary/aromatic N) is 1. The van der Waals surface area contributed by atoms with Gasteiger partial charge in [-0.1, -0.05) is 48.2 Å². The van der Waals surface area contributed by atoms with Crippen molar-refractivity contribution in [3.63, 3.8) is 0 Å². The summed E-state index contributed by atoms with van der Waals surface area (Å²) < 4.78 is 12.3. The van der Waals surface area contributed by atoms with E-state index in [1.54, 1.807) is 4.90 Å². The number of carbonyl (C=O) groups is 1. The molecule has 2 aromatic carbocycles. The molecule has 1 amide bonds. The fourth-order valence-electron chi connectivity index (χ4n) is 2.97. The highest BCUT2D eigenvalue weighted by Gasteiger charge is 2.30. The van der Waals surface area contributed by atoms with Crippen molar-refractivity contribution in [2.24, 2.45) is 0 Å². The van der Waals surface area contributed by atoms with Gasteiger partial charge in [-0.15, -0.1) is 0 Å². The first kappa shape index (κ1) is 20.4. The van der Waals surface area contributed by atoms with Crippen LogP contribution >= 0.6 is 24.0 Å². The molecule has 0 spiro atoms. The Morgan fingerprint density at radius 3 is 2.43 bits per heavy atom. The van der Waals surface area contributed by atoms with Gasteiger partial charge in [0, 0.05) is 12.1 Å². The number of hydrogen-bond donors (Lipinski definition) is 0. The maximum atomic E-state index is 12.4. The third-order valence-corrected chi connectivity index (χ3v) is 5.58. The monoisotopic (exact) mass is 413 g/mol. The van der Waals surface area contributed by atoms with Crippen LogP contribution in [0.5, 0.6) is 11.5 Å². The molecule has 2 aromatic rings. The molecule has 0 unspecified atom stereocenters. The van der Waals surface area contributed by atoms with Crippen LogP contribution in [-0.4, -0.2) is 34.9 Å². The summed E-state index contributed by atoms with van der Waals surface area (Å²) in [6.07, 6.45) is 1.84. The fourth-order valence-corrected chi connectivity index (χ4v) is 4.35. The Hall–Kier alpha value is -2.31.